The highest BCUT2D eigenvalue weighted by Crippen LogP contribution is 2.17. The van der Waals surface area contributed by atoms with Gasteiger partial charge in [-0.15, -0.1) is 0 Å². The number of nitrogens with zero attached hydrogens (tertiary/aromatic N) is 5. The number of likely N-dealkylation sites (tertiary alicyclic amines) is 1. The van der Waals surface area contributed by atoms with Gasteiger partial charge in [0.15, 0.2) is 5.82 Å². The molecule has 0 radical (unpaired) electrons. The van der Waals surface area contributed by atoms with Crippen molar-refractivity contribution < 1.29 is 0 Å². The molecule has 8 heteroatoms. The molecule has 0 amide bonds. The Balaban J connectivity index is 1.57. The highest BCUT2D eigenvalue weighted by Gasteiger charge is 2.22. The fraction of sp³-hybridized carbons (Fsp3) is 0.600. The van der Waals surface area contributed by atoms with Crippen molar-refractivity contribution in [3.63, 3.8) is 0 Å². The molecule has 124 valence electrons. The topological polar surface area (TPSA) is 75.9 Å². The van der Waals surface area contributed by atoms with Gasteiger partial charge in [0.2, 0.25) is 0 Å². The van der Waals surface area contributed by atoms with Crippen molar-refractivity contribution in [2.75, 3.05) is 25.0 Å². The Labute approximate surface area is 139 Å². The van der Waals surface area contributed by atoms with E-state index in [9.17, 15) is 4.79 Å². The molecule has 1 saturated heterocycles. The number of rotatable bonds is 6. The SMILES string of the molecule is Cc1ccc(=O)n(CCN2CCCCC2CNc2cnsn2)n1. The molecule has 1 fully saturated rings. The minimum absolute atomic E-state index is 0.0316. The summed E-state index contributed by atoms with van der Waals surface area (Å²) in [4.78, 5) is 14.3. The predicted octanol–water partition coefficient (Wildman–Crippen LogP) is 1.37. The monoisotopic (exact) mass is 334 g/mol. The van der Waals surface area contributed by atoms with E-state index in [2.05, 4.69) is 24.1 Å². The molecule has 1 aliphatic rings. The normalized spacial score (nSPS) is 18.9. The van der Waals surface area contributed by atoms with Gasteiger partial charge in [0.1, 0.15) is 0 Å². The first-order chi connectivity index (χ1) is 11.2. The molecule has 1 unspecified atom stereocenters. The largest absolute Gasteiger partial charge is 0.366 e. The van der Waals surface area contributed by atoms with Crippen molar-refractivity contribution in [2.45, 2.75) is 38.8 Å². The molecule has 2 aromatic heterocycles. The van der Waals surface area contributed by atoms with Crippen molar-refractivity contribution in [1.29, 1.82) is 0 Å². The van der Waals surface area contributed by atoms with Crippen molar-refractivity contribution in [3.05, 3.63) is 34.4 Å². The van der Waals surface area contributed by atoms with Crippen LogP contribution >= 0.6 is 11.7 Å². The average Bonchev–Trinajstić information content (AvgIpc) is 3.08. The highest BCUT2D eigenvalue weighted by molar-refractivity contribution is 6.99. The van der Waals surface area contributed by atoms with Gasteiger partial charge in [-0.25, -0.2) is 4.68 Å². The Morgan fingerprint density at radius 3 is 3.09 bits per heavy atom. The van der Waals surface area contributed by atoms with E-state index in [1.807, 2.05) is 6.92 Å². The number of aryl methyl sites for hydroxylation is 1. The van der Waals surface area contributed by atoms with Crippen molar-refractivity contribution in [2.24, 2.45) is 0 Å². The number of aromatic nitrogens is 4. The maximum absolute atomic E-state index is 11.9. The lowest BCUT2D eigenvalue weighted by molar-refractivity contribution is 0.148. The van der Waals surface area contributed by atoms with Gasteiger partial charge in [-0.3, -0.25) is 9.69 Å². The van der Waals surface area contributed by atoms with Crippen LogP contribution in [0.5, 0.6) is 0 Å². The van der Waals surface area contributed by atoms with Crippen molar-refractivity contribution in [3.8, 4) is 0 Å². The zero-order valence-corrected chi connectivity index (χ0v) is 14.1. The molecular weight excluding hydrogens is 312 g/mol. The van der Waals surface area contributed by atoms with E-state index in [4.69, 9.17) is 0 Å². The van der Waals surface area contributed by atoms with Crippen LogP contribution in [0.3, 0.4) is 0 Å². The zero-order chi connectivity index (χ0) is 16.1. The van der Waals surface area contributed by atoms with Crippen molar-refractivity contribution in [1.82, 2.24) is 23.4 Å². The second kappa shape index (κ2) is 7.65. The third-order valence-electron chi connectivity index (χ3n) is 4.23. The Hall–Kier alpha value is -1.80. The van der Waals surface area contributed by atoms with Crippen LogP contribution in [0, 0.1) is 6.92 Å². The van der Waals surface area contributed by atoms with Gasteiger partial charge in [0.05, 0.1) is 30.2 Å². The molecule has 0 spiro atoms. The molecule has 0 bridgehead atoms. The van der Waals surface area contributed by atoms with Gasteiger partial charge >= 0.3 is 0 Å². The molecule has 2 aromatic rings. The molecule has 23 heavy (non-hydrogen) atoms. The van der Waals surface area contributed by atoms with E-state index in [-0.39, 0.29) is 5.56 Å². The number of hydrogen-bond donors (Lipinski definition) is 1. The van der Waals surface area contributed by atoms with Crippen LogP contribution in [0.4, 0.5) is 5.82 Å². The first-order valence-corrected chi connectivity index (χ1v) is 8.75. The van der Waals surface area contributed by atoms with E-state index < -0.39 is 0 Å². The van der Waals surface area contributed by atoms with Gasteiger partial charge in [-0.1, -0.05) is 6.42 Å². The molecule has 7 nitrogen and oxygen atoms in total. The summed E-state index contributed by atoms with van der Waals surface area (Å²) in [6.45, 7) is 5.32. The van der Waals surface area contributed by atoms with Crippen LogP contribution in [-0.2, 0) is 6.54 Å². The molecular formula is C15H22N6OS. The second-order valence-corrected chi connectivity index (χ2v) is 6.45. The lowest BCUT2D eigenvalue weighted by Gasteiger charge is -2.35. The first-order valence-electron chi connectivity index (χ1n) is 8.02. The first kappa shape index (κ1) is 16.1. The zero-order valence-electron chi connectivity index (χ0n) is 13.3. The summed E-state index contributed by atoms with van der Waals surface area (Å²) in [5.74, 6) is 0.845. The van der Waals surface area contributed by atoms with Crippen LogP contribution in [0.1, 0.15) is 25.0 Å². The number of piperidine rings is 1. The molecule has 0 aliphatic carbocycles. The summed E-state index contributed by atoms with van der Waals surface area (Å²) in [5, 5.41) is 7.67. The van der Waals surface area contributed by atoms with E-state index in [0.29, 0.717) is 12.6 Å². The molecule has 0 saturated carbocycles. The third-order valence-corrected chi connectivity index (χ3v) is 4.71. The molecule has 1 aliphatic heterocycles. The van der Waals surface area contributed by atoms with Gasteiger partial charge in [0, 0.05) is 25.2 Å². The van der Waals surface area contributed by atoms with Crippen LogP contribution in [0.25, 0.3) is 0 Å². The molecule has 3 heterocycles. The summed E-state index contributed by atoms with van der Waals surface area (Å²) >= 11 is 1.22. The average molecular weight is 334 g/mol. The summed E-state index contributed by atoms with van der Waals surface area (Å²) in [7, 11) is 0. The second-order valence-electron chi connectivity index (χ2n) is 5.90. The van der Waals surface area contributed by atoms with E-state index in [1.165, 1.54) is 31.0 Å². The number of hydrogen-bond acceptors (Lipinski definition) is 7. The molecule has 1 atom stereocenters. The summed E-state index contributed by atoms with van der Waals surface area (Å²) < 4.78 is 9.76. The van der Waals surface area contributed by atoms with Crippen LogP contribution in [0.2, 0.25) is 0 Å². The molecule has 1 N–H and O–H groups in total. The Kier molecular flexibility index (Phi) is 5.35. The van der Waals surface area contributed by atoms with E-state index in [1.54, 1.807) is 23.0 Å². The van der Waals surface area contributed by atoms with Crippen LogP contribution < -0.4 is 10.9 Å². The molecule has 0 aromatic carbocycles. The smallest absolute Gasteiger partial charge is 0.266 e. The summed E-state index contributed by atoms with van der Waals surface area (Å²) in [5.41, 5.74) is 0.841. The van der Waals surface area contributed by atoms with Gasteiger partial charge in [0.25, 0.3) is 5.56 Å². The highest BCUT2D eigenvalue weighted by atomic mass is 32.1. The lowest BCUT2D eigenvalue weighted by Crippen LogP contribution is -2.45. The Morgan fingerprint density at radius 1 is 1.35 bits per heavy atom. The van der Waals surface area contributed by atoms with Crippen LogP contribution in [-0.4, -0.2) is 49.1 Å². The fourth-order valence-electron chi connectivity index (χ4n) is 2.98. The Bertz CT molecular complexity index is 671. The quantitative estimate of drug-likeness (QED) is 0.860. The maximum Gasteiger partial charge on any atom is 0.266 e. The predicted molar refractivity (Wildman–Crippen MR) is 90.8 cm³/mol. The molecule has 3 rings (SSSR count). The summed E-state index contributed by atoms with van der Waals surface area (Å²) in [6, 6.07) is 3.81. The van der Waals surface area contributed by atoms with E-state index in [0.717, 1.165) is 31.1 Å². The minimum Gasteiger partial charge on any atom is -0.366 e. The Morgan fingerprint density at radius 2 is 2.26 bits per heavy atom. The standard InChI is InChI=1S/C15H22N6OS/c1-12-5-6-15(22)21(18-12)9-8-20-7-3-2-4-13(20)10-16-14-11-17-23-19-14/h5-6,11,13H,2-4,7-10H2,1H3,(H,16,19). The van der Waals surface area contributed by atoms with Gasteiger partial charge in [-0.2, -0.15) is 13.8 Å². The maximum atomic E-state index is 11.9. The minimum atomic E-state index is -0.0316. The van der Waals surface area contributed by atoms with E-state index >= 15 is 0 Å². The number of anilines is 1. The van der Waals surface area contributed by atoms with Gasteiger partial charge in [-0.05, 0) is 32.4 Å². The van der Waals surface area contributed by atoms with Crippen LogP contribution in [0.15, 0.2) is 23.1 Å². The third kappa shape index (κ3) is 4.35. The lowest BCUT2D eigenvalue weighted by atomic mass is 10.0. The summed E-state index contributed by atoms with van der Waals surface area (Å²) in [6.07, 6.45) is 5.39. The van der Waals surface area contributed by atoms with Crippen molar-refractivity contribution >= 4 is 17.5 Å². The fourth-order valence-corrected chi connectivity index (χ4v) is 3.38. The van der Waals surface area contributed by atoms with Gasteiger partial charge < -0.3 is 5.32 Å². The number of nitrogens with one attached hydrogen (secondary N) is 1.